The number of rotatable bonds is 5. The standard InChI is InChI=1S/C16H18BrN3O/c1-3-16(21)20-13-6-4-11(2)15(8-13)19-10-14-7-5-12(17)9-18-14/h4-9,19H,3,10H2,1-2H3,(H,20,21). The minimum absolute atomic E-state index is 0.0133. The third kappa shape index (κ3) is 4.56. The van der Waals surface area contributed by atoms with Gasteiger partial charge in [-0.25, -0.2) is 0 Å². The van der Waals surface area contributed by atoms with Gasteiger partial charge in [-0.1, -0.05) is 13.0 Å². The molecule has 0 atom stereocenters. The van der Waals surface area contributed by atoms with Crippen LogP contribution in [0.25, 0.3) is 0 Å². The zero-order chi connectivity index (χ0) is 15.2. The van der Waals surface area contributed by atoms with Gasteiger partial charge in [-0.15, -0.1) is 0 Å². The topological polar surface area (TPSA) is 54.0 Å². The van der Waals surface area contributed by atoms with E-state index >= 15 is 0 Å². The second-order valence-electron chi connectivity index (χ2n) is 4.75. The van der Waals surface area contributed by atoms with Gasteiger partial charge in [-0.05, 0) is 52.7 Å². The van der Waals surface area contributed by atoms with Gasteiger partial charge in [0.05, 0.1) is 12.2 Å². The minimum atomic E-state index is 0.0133. The van der Waals surface area contributed by atoms with Crippen LogP contribution in [-0.2, 0) is 11.3 Å². The summed E-state index contributed by atoms with van der Waals surface area (Å²) in [5.41, 5.74) is 3.88. The van der Waals surface area contributed by atoms with E-state index in [2.05, 4.69) is 31.5 Å². The summed E-state index contributed by atoms with van der Waals surface area (Å²) in [7, 11) is 0. The smallest absolute Gasteiger partial charge is 0.224 e. The number of hydrogen-bond acceptors (Lipinski definition) is 3. The lowest BCUT2D eigenvalue weighted by molar-refractivity contribution is -0.115. The quantitative estimate of drug-likeness (QED) is 0.855. The van der Waals surface area contributed by atoms with Crippen LogP contribution in [0.5, 0.6) is 0 Å². The molecule has 21 heavy (non-hydrogen) atoms. The van der Waals surface area contributed by atoms with Crippen LogP contribution >= 0.6 is 15.9 Å². The number of pyridine rings is 1. The predicted molar refractivity (Wildman–Crippen MR) is 89.4 cm³/mol. The van der Waals surface area contributed by atoms with Crippen LogP contribution in [0, 0.1) is 6.92 Å². The summed E-state index contributed by atoms with van der Waals surface area (Å²) in [5, 5.41) is 6.22. The molecular formula is C16H18BrN3O. The second-order valence-corrected chi connectivity index (χ2v) is 5.67. The molecule has 0 aliphatic carbocycles. The molecule has 2 rings (SSSR count). The lowest BCUT2D eigenvalue weighted by atomic mass is 10.1. The van der Waals surface area contributed by atoms with Crippen LogP contribution in [0.4, 0.5) is 11.4 Å². The number of carbonyl (C=O) groups is 1. The highest BCUT2D eigenvalue weighted by Crippen LogP contribution is 2.21. The van der Waals surface area contributed by atoms with Crippen LogP contribution in [0.3, 0.4) is 0 Å². The first kappa shape index (κ1) is 15.5. The molecule has 0 aliphatic heterocycles. The van der Waals surface area contributed by atoms with Crippen molar-refractivity contribution in [3.63, 3.8) is 0 Å². The molecule has 0 spiro atoms. The molecule has 5 heteroatoms. The van der Waals surface area contributed by atoms with Crippen molar-refractivity contribution in [2.24, 2.45) is 0 Å². The first-order valence-electron chi connectivity index (χ1n) is 6.83. The average molecular weight is 348 g/mol. The van der Waals surface area contributed by atoms with Gasteiger partial charge < -0.3 is 10.6 Å². The molecule has 0 bridgehead atoms. The van der Waals surface area contributed by atoms with E-state index in [4.69, 9.17) is 0 Å². The molecular weight excluding hydrogens is 330 g/mol. The number of benzene rings is 1. The first-order valence-corrected chi connectivity index (χ1v) is 7.62. The summed E-state index contributed by atoms with van der Waals surface area (Å²) < 4.78 is 0.965. The number of aryl methyl sites for hydroxylation is 1. The number of nitrogens with one attached hydrogen (secondary N) is 2. The Hall–Kier alpha value is -1.88. The highest BCUT2D eigenvalue weighted by molar-refractivity contribution is 9.10. The van der Waals surface area contributed by atoms with E-state index in [9.17, 15) is 4.79 Å². The fraction of sp³-hybridized carbons (Fsp3) is 0.250. The van der Waals surface area contributed by atoms with E-state index in [0.717, 1.165) is 27.1 Å². The van der Waals surface area contributed by atoms with E-state index in [1.54, 1.807) is 6.20 Å². The number of anilines is 2. The normalized spacial score (nSPS) is 10.2. The molecule has 2 aromatic rings. The lowest BCUT2D eigenvalue weighted by Gasteiger charge is -2.12. The number of carbonyl (C=O) groups excluding carboxylic acids is 1. The molecule has 1 aromatic heterocycles. The van der Waals surface area contributed by atoms with Gasteiger partial charge in [0.25, 0.3) is 0 Å². The lowest BCUT2D eigenvalue weighted by Crippen LogP contribution is -2.10. The molecule has 1 aromatic carbocycles. The van der Waals surface area contributed by atoms with Gasteiger partial charge in [0.1, 0.15) is 0 Å². The zero-order valence-electron chi connectivity index (χ0n) is 12.1. The number of halogens is 1. The third-order valence-electron chi connectivity index (χ3n) is 3.09. The van der Waals surface area contributed by atoms with Crippen molar-refractivity contribution < 1.29 is 4.79 Å². The van der Waals surface area contributed by atoms with Gasteiger partial charge in [-0.2, -0.15) is 0 Å². The van der Waals surface area contributed by atoms with Crippen LogP contribution < -0.4 is 10.6 Å². The maximum atomic E-state index is 11.4. The first-order chi connectivity index (χ1) is 10.1. The van der Waals surface area contributed by atoms with Crippen LogP contribution in [0.15, 0.2) is 41.0 Å². The number of nitrogens with zero attached hydrogens (tertiary/aromatic N) is 1. The Morgan fingerprint density at radius 2 is 2.10 bits per heavy atom. The van der Waals surface area contributed by atoms with Crippen molar-refractivity contribution in [3.05, 3.63) is 52.3 Å². The summed E-state index contributed by atoms with van der Waals surface area (Å²) in [4.78, 5) is 15.8. The van der Waals surface area contributed by atoms with E-state index in [0.29, 0.717) is 13.0 Å². The summed E-state index contributed by atoms with van der Waals surface area (Å²) in [6.45, 7) is 4.50. The molecule has 110 valence electrons. The molecule has 0 fully saturated rings. The fourth-order valence-corrected chi connectivity index (χ4v) is 2.07. The highest BCUT2D eigenvalue weighted by atomic mass is 79.9. The fourth-order valence-electron chi connectivity index (χ4n) is 1.84. The predicted octanol–water partition coefficient (Wildman–Crippen LogP) is 4.11. The Labute approximate surface area is 133 Å². The van der Waals surface area contributed by atoms with E-state index in [-0.39, 0.29) is 5.91 Å². The van der Waals surface area contributed by atoms with Crippen LogP contribution in [-0.4, -0.2) is 10.9 Å². The second kappa shape index (κ2) is 7.22. The summed E-state index contributed by atoms with van der Waals surface area (Å²) >= 11 is 3.37. The highest BCUT2D eigenvalue weighted by Gasteiger charge is 2.04. The SMILES string of the molecule is CCC(=O)Nc1ccc(C)c(NCc2ccc(Br)cn2)c1. The van der Waals surface area contributed by atoms with Crippen molar-refractivity contribution in [1.82, 2.24) is 4.98 Å². The molecule has 1 amide bonds. The molecule has 2 N–H and O–H groups in total. The van der Waals surface area contributed by atoms with Crippen molar-refractivity contribution in [2.75, 3.05) is 10.6 Å². The van der Waals surface area contributed by atoms with Crippen molar-refractivity contribution in [3.8, 4) is 0 Å². The maximum absolute atomic E-state index is 11.4. The van der Waals surface area contributed by atoms with E-state index in [1.165, 1.54) is 0 Å². The molecule has 0 radical (unpaired) electrons. The molecule has 4 nitrogen and oxygen atoms in total. The third-order valence-corrected chi connectivity index (χ3v) is 3.56. The summed E-state index contributed by atoms with van der Waals surface area (Å²) in [6, 6.07) is 9.78. The van der Waals surface area contributed by atoms with Crippen molar-refractivity contribution >= 4 is 33.2 Å². The molecule has 0 saturated carbocycles. The van der Waals surface area contributed by atoms with E-state index < -0.39 is 0 Å². The number of amides is 1. The zero-order valence-corrected chi connectivity index (χ0v) is 13.7. The van der Waals surface area contributed by atoms with Crippen molar-refractivity contribution in [1.29, 1.82) is 0 Å². The van der Waals surface area contributed by atoms with E-state index in [1.807, 2.05) is 44.2 Å². The molecule has 0 aliphatic rings. The summed E-state index contributed by atoms with van der Waals surface area (Å²) in [5.74, 6) is 0.0133. The Bertz CT molecular complexity index is 626. The maximum Gasteiger partial charge on any atom is 0.224 e. The van der Waals surface area contributed by atoms with Crippen molar-refractivity contribution in [2.45, 2.75) is 26.8 Å². The Morgan fingerprint density at radius 3 is 2.76 bits per heavy atom. The molecule has 0 saturated heterocycles. The summed E-state index contributed by atoms with van der Waals surface area (Å²) in [6.07, 6.45) is 2.25. The van der Waals surface area contributed by atoms with Gasteiger partial charge in [0.15, 0.2) is 0 Å². The molecule has 1 heterocycles. The number of hydrogen-bond donors (Lipinski definition) is 2. The Morgan fingerprint density at radius 1 is 1.29 bits per heavy atom. The van der Waals surface area contributed by atoms with Gasteiger partial charge in [0.2, 0.25) is 5.91 Å². The van der Waals surface area contributed by atoms with Gasteiger partial charge in [-0.3, -0.25) is 9.78 Å². The van der Waals surface area contributed by atoms with Crippen LogP contribution in [0.2, 0.25) is 0 Å². The van der Waals surface area contributed by atoms with Gasteiger partial charge in [0, 0.05) is 28.5 Å². The largest absolute Gasteiger partial charge is 0.379 e. The number of aromatic nitrogens is 1. The average Bonchev–Trinajstić information content (AvgIpc) is 2.49. The van der Waals surface area contributed by atoms with Crippen LogP contribution in [0.1, 0.15) is 24.6 Å². The monoisotopic (exact) mass is 347 g/mol. The van der Waals surface area contributed by atoms with Gasteiger partial charge >= 0.3 is 0 Å². The molecule has 0 unspecified atom stereocenters. The minimum Gasteiger partial charge on any atom is -0.379 e. The Balaban J connectivity index is 2.06. The Kier molecular flexibility index (Phi) is 5.33.